The van der Waals surface area contributed by atoms with Gasteiger partial charge in [-0.1, -0.05) is 30.3 Å². The largest absolute Gasteiger partial charge is 0.490 e. The maximum Gasteiger partial charge on any atom is 0.387 e. The molecular weight excluding hydrogens is 479 g/mol. The van der Waals surface area contributed by atoms with E-state index in [2.05, 4.69) is 0 Å². The molecule has 0 aliphatic carbocycles. The molecule has 1 N–H and O–H groups in total. The van der Waals surface area contributed by atoms with Gasteiger partial charge in [-0.05, 0) is 38.5 Å². The average Bonchev–Trinajstić information content (AvgIpc) is 3.06. The van der Waals surface area contributed by atoms with Gasteiger partial charge in [-0.15, -0.1) is 0 Å². The lowest BCUT2D eigenvalue weighted by molar-refractivity contribution is -0.142. The number of carbonyl (C=O) groups is 2. The lowest BCUT2D eigenvalue weighted by Gasteiger charge is -2.23. The number of carbonyl (C=O) groups excluding carboxylic acids is 2. The van der Waals surface area contributed by atoms with E-state index in [-0.39, 0.29) is 41.0 Å². The zero-order valence-electron chi connectivity index (χ0n) is 19.8. The summed E-state index contributed by atoms with van der Waals surface area (Å²) in [5.41, 5.74) is -0.450. The minimum atomic E-state index is -3.26. The monoisotopic (exact) mass is 503 g/mol. The van der Waals surface area contributed by atoms with Gasteiger partial charge in [0.2, 0.25) is 0 Å². The van der Waals surface area contributed by atoms with Gasteiger partial charge in [0.05, 0.1) is 35.9 Å². The van der Waals surface area contributed by atoms with Crippen LogP contribution in [0.1, 0.15) is 48.5 Å². The number of amides is 1. The van der Waals surface area contributed by atoms with Crippen molar-refractivity contribution in [3.8, 4) is 11.5 Å². The lowest BCUT2D eigenvalue weighted by Crippen LogP contribution is -2.28. The van der Waals surface area contributed by atoms with Crippen molar-refractivity contribution >= 4 is 28.3 Å². The van der Waals surface area contributed by atoms with Crippen molar-refractivity contribution in [1.82, 2.24) is 0 Å². The number of hydrogen-bond donors (Lipinski definition) is 1. The van der Waals surface area contributed by atoms with Gasteiger partial charge < -0.3 is 19.3 Å². The van der Waals surface area contributed by atoms with Crippen LogP contribution in [0.3, 0.4) is 0 Å². The van der Waals surface area contributed by atoms with Crippen molar-refractivity contribution in [3.05, 3.63) is 65.0 Å². The second-order valence-corrected chi connectivity index (χ2v) is 8.35. The van der Waals surface area contributed by atoms with Gasteiger partial charge in [-0.3, -0.25) is 14.5 Å². The highest BCUT2D eigenvalue weighted by Crippen LogP contribution is 2.50. The van der Waals surface area contributed by atoms with Crippen LogP contribution in [0.4, 0.5) is 18.9 Å². The Labute approximate surface area is 205 Å². The fraction of sp³-hybridized carbons (Fsp3) is 0.308. The standard InChI is InChI=1S/C26H24F3NO6/c1-4-34-19(31)12-14-9-10-18(17(27)11-14)30-24(32)20-21(25(30)33)23(36-26(28)29)16-8-6-5-7-15(16)22(20)35-13(2)3/h5-11,13,24,26,32H,4,12H2,1-3H3. The molecule has 0 saturated heterocycles. The van der Waals surface area contributed by atoms with E-state index in [4.69, 9.17) is 14.2 Å². The molecule has 1 aliphatic heterocycles. The van der Waals surface area contributed by atoms with Gasteiger partial charge >= 0.3 is 12.6 Å². The number of aliphatic hydroxyl groups is 1. The maximum atomic E-state index is 15.2. The van der Waals surface area contributed by atoms with Crippen LogP contribution >= 0.6 is 0 Å². The van der Waals surface area contributed by atoms with E-state index in [9.17, 15) is 23.5 Å². The molecule has 0 spiro atoms. The first-order chi connectivity index (χ1) is 17.1. The van der Waals surface area contributed by atoms with Crippen molar-refractivity contribution in [2.24, 2.45) is 0 Å². The van der Waals surface area contributed by atoms with Crippen molar-refractivity contribution < 1.29 is 42.1 Å². The van der Waals surface area contributed by atoms with Crippen LogP contribution in [0.2, 0.25) is 0 Å². The molecule has 0 saturated carbocycles. The van der Waals surface area contributed by atoms with Gasteiger partial charge in [0.1, 0.15) is 17.3 Å². The number of esters is 1. The van der Waals surface area contributed by atoms with E-state index in [0.29, 0.717) is 10.9 Å². The number of aliphatic hydroxyl groups excluding tert-OH is 1. The lowest BCUT2D eigenvalue weighted by atomic mass is 9.98. The number of benzene rings is 3. The molecule has 1 aliphatic rings. The van der Waals surface area contributed by atoms with Gasteiger partial charge in [-0.2, -0.15) is 8.78 Å². The molecule has 0 radical (unpaired) electrons. The Hall–Kier alpha value is -3.79. The number of alkyl halides is 2. The van der Waals surface area contributed by atoms with E-state index in [1.54, 1.807) is 39.0 Å². The second-order valence-electron chi connectivity index (χ2n) is 8.35. The van der Waals surface area contributed by atoms with Gasteiger partial charge in [-0.25, -0.2) is 4.39 Å². The number of rotatable bonds is 8. The highest BCUT2D eigenvalue weighted by atomic mass is 19.3. The minimum absolute atomic E-state index is 0.0990. The van der Waals surface area contributed by atoms with Crippen molar-refractivity contribution in [3.63, 3.8) is 0 Å². The van der Waals surface area contributed by atoms with Crippen LogP contribution in [-0.2, 0) is 16.0 Å². The zero-order valence-corrected chi connectivity index (χ0v) is 19.8. The smallest absolute Gasteiger partial charge is 0.387 e. The highest BCUT2D eigenvalue weighted by molar-refractivity contribution is 6.17. The predicted molar refractivity (Wildman–Crippen MR) is 125 cm³/mol. The topological polar surface area (TPSA) is 85.3 Å². The Morgan fingerprint density at radius 2 is 1.75 bits per heavy atom. The van der Waals surface area contributed by atoms with E-state index < -0.39 is 42.4 Å². The van der Waals surface area contributed by atoms with Crippen molar-refractivity contribution in [2.45, 2.75) is 46.1 Å². The molecule has 3 aromatic carbocycles. The Morgan fingerprint density at radius 3 is 2.33 bits per heavy atom. The SMILES string of the molecule is CCOC(=O)Cc1ccc(N2C(=O)c3c(c(OC(C)C)c4ccccc4c3OC(F)F)C2O)c(F)c1. The average molecular weight is 503 g/mol. The minimum Gasteiger partial charge on any atom is -0.490 e. The van der Waals surface area contributed by atoms with E-state index in [1.165, 1.54) is 18.2 Å². The van der Waals surface area contributed by atoms with Crippen LogP contribution < -0.4 is 14.4 Å². The summed E-state index contributed by atoms with van der Waals surface area (Å²) in [6.07, 6.45) is -2.34. The summed E-state index contributed by atoms with van der Waals surface area (Å²) in [5.74, 6) is -2.71. The van der Waals surface area contributed by atoms with Gasteiger partial charge in [0, 0.05) is 10.8 Å². The fourth-order valence-electron chi connectivity index (χ4n) is 4.26. The zero-order chi connectivity index (χ0) is 26.1. The van der Waals surface area contributed by atoms with E-state index in [1.807, 2.05) is 0 Å². The molecule has 190 valence electrons. The molecule has 1 amide bonds. The number of halogens is 3. The summed E-state index contributed by atoms with van der Waals surface area (Å²) in [6, 6.07) is 10.0. The van der Waals surface area contributed by atoms with E-state index in [0.717, 1.165) is 11.0 Å². The molecule has 7 nitrogen and oxygen atoms in total. The Morgan fingerprint density at radius 1 is 1.08 bits per heavy atom. The number of anilines is 1. The third-order valence-corrected chi connectivity index (χ3v) is 5.58. The summed E-state index contributed by atoms with van der Waals surface area (Å²) in [4.78, 5) is 26.0. The molecule has 0 bridgehead atoms. The van der Waals surface area contributed by atoms with Gasteiger partial charge in [0.25, 0.3) is 5.91 Å². The maximum absolute atomic E-state index is 15.2. The van der Waals surface area contributed by atoms with Crippen LogP contribution in [0.5, 0.6) is 11.5 Å². The number of ether oxygens (including phenoxy) is 3. The van der Waals surface area contributed by atoms with Crippen LogP contribution in [0, 0.1) is 5.82 Å². The molecule has 0 aromatic heterocycles. The number of hydrogen-bond acceptors (Lipinski definition) is 6. The third kappa shape index (κ3) is 4.56. The molecule has 36 heavy (non-hydrogen) atoms. The Bertz CT molecular complexity index is 1330. The van der Waals surface area contributed by atoms with E-state index >= 15 is 4.39 Å². The molecule has 1 atom stereocenters. The molecule has 4 rings (SSSR count). The molecule has 0 fully saturated rings. The summed E-state index contributed by atoms with van der Waals surface area (Å²) >= 11 is 0. The molecule has 10 heteroatoms. The number of nitrogens with zero attached hydrogens (tertiary/aromatic N) is 1. The first-order valence-corrected chi connectivity index (χ1v) is 11.3. The summed E-state index contributed by atoms with van der Waals surface area (Å²) in [6.45, 7) is 2.02. The summed E-state index contributed by atoms with van der Waals surface area (Å²) in [7, 11) is 0. The summed E-state index contributed by atoms with van der Waals surface area (Å²) in [5, 5.41) is 11.8. The van der Waals surface area contributed by atoms with Crippen molar-refractivity contribution in [1.29, 1.82) is 0 Å². The fourth-order valence-corrected chi connectivity index (χ4v) is 4.26. The summed E-state index contributed by atoms with van der Waals surface area (Å²) < 4.78 is 57.5. The van der Waals surface area contributed by atoms with Gasteiger partial charge in [0.15, 0.2) is 6.23 Å². The Balaban J connectivity index is 1.87. The van der Waals surface area contributed by atoms with Crippen molar-refractivity contribution in [2.75, 3.05) is 11.5 Å². The molecule has 3 aromatic rings. The molecular formula is C26H24F3NO6. The normalized spacial score (nSPS) is 15.1. The quantitative estimate of drug-likeness (QED) is 0.430. The first kappa shape index (κ1) is 25.3. The van der Waals surface area contributed by atoms with Crippen LogP contribution in [-0.4, -0.2) is 36.3 Å². The Kier molecular flexibility index (Phi) is 7.07. The molecule has 1 unspecified atom stereocenters. The number of fused-ring (bicyclic) bond motifs is 2. The third-order valence-electron chi connectivity index (χ3n) is 5.58. The predicted octanol–water partition coefficient (Wildman–Crippen LogP) is 5.12. The second kappa shape index (κ2) is 10.1. The van der Waals surface area contributed by atoms with Crippen LogP contribution in [0.25, 0.3) is 10.8 Å². The van der Waals surface area contributed by atoms with Crippen LogP contribution in [0.15, 0.2) is 42.5 Å². The molecule has 1 heterocycles. The highest BCUT2D eigenvalue weighted by Gasteiger charge is 2.44. The first-order valence-electron chi connectivity index (χ1n) is 11.3.